The van der Waals surface area contributed by atoms with Crippen LogP contribution in [0.15, 0.2) is 12.1 Å². The second kappa shape index (κ2) is 3.39. The summed E-state index contributed by atoms with van der Waals surface area (Å²) in [6.45, 7) is 1.46. The van der Waals surface area contributed by atoms with Gasteiger partial charge in [-0.2, -0.15) is 0 Å². The Morgan fingerprint density at radius 3 is 2.70 bits per heavy atom. The van der Waals surface area contributed by atoms with Crippen molar-refractivity contribution in [3.63, 3.8) is 0 Å². The van der Waals surface area contributed by atoms with Crippen LogP contribution in [0.2, 0.25) is 0 Å². The minimum absolute atomic E-state index is 0.587. The van der Waals surface area contributed by atoms with Gasteiger partial charge in [0, 0.05) is 24.5 Å². The van der Waals surface area contributed by atoms with Crippen molar-refractivity contribution in [1.29, 1.82) is 0 Å². The van der Waals surface area contributed by atoms with Crippen LogP contribution in [0.1, 0.15) is 11.4 Å². The molecule has 0 bridgehead atoms. The van der Waals surface area contributed by atoms with E-state index >= 15 is 0 Å². The molecule has 1 aromatic rings. The van der Waals surface area contributed by atoms with E-state index in [1.165, 1.54) is 5.69 Å². The van der Waals surface area contributed by atoms with Crippen LogP contribution in [0.5, 0.6) is 0 Å². The highest BCUT2D eigenvalue weighted by Gasteiger charge is 1.93. The molecule has 3 heteroatoms. The van der Waals surface area contributed by atoms with E-state index in [0.29, 0.717) is 6.54 Å². The number of H-pyrrole nitrogens is 1. The third kappa shape index (κ3) is 1.59. The second-order valence-electron chi connectivity index (χ2n) is 2.24. The van der Waals surface area contributed by atoms with Crippen LogP contribution >= 0.6 is 0 Å². The topological polar surface area (TPSA) is 53.8 Å². The summed E-state index contributed by atoms with van der Waals surface area (Å²) >= 11 is 0. The third-order valence-corrected chi connectivity index (χ3v) is 1.39. The Bertz CT molecular complexity index is 192. The van der Waals surface area contributed by atoms with E-state index < -0.39 is 0 Å². The van der Waals surface area contributed by atoms with Crippen LogP contribution in [0.3, 0.4) is 0 Å². The molecule has 3 nitrogen and oxygen atoms in total. The Labute approximate surface area is 60.6 Å². The molecule has 0 aromatic carbocycles. The standard InChI is InChI=1S/C7H13N3/c1-9-5-7-3-2-6(4-8)10-7/h2-3,9-10H,4-5,8H2,1H3. The van der Waals surface area contributed by atoms with Crippen LogP contribution in [0, 0.1) is 0 Å². The predicted octanol–water partition coefficient (Wildman–Crippen LogP) is 0.193. The number of nitrogens with two attached hydrogens (primary N) is 1. The minimum Gasteiger partial charge on any atom is -0.360 e. The quantitative estimate of drug-likeness (QED) is 0.560. The van der Waals surface area contributed by atoms with E-state index in [9.17, 15) is 0 Å². The first-order chi connectivity index (χ1) is 4.86. The molecule has 4 N–H and O–H groups in total. The first kappa shape index (κ1) is 7.31. The van der Waals surface area contributed by atoms with Gasteiger partial charge in [-0.3, -0.25) is 0 Å². The fourth-order valence-electron chi connectivity index (χ4n) is 0.903. The third-order valence-electron chi connectivity index (χ3n) is 1.39. The van der Waals surface area contributed by atoms with Gasteiger partial charge in [0.15, 0.2) is 0 Å². The molecule has 10 heavy (non-hydrogen) atoms. The highest BCUT2D eigenvalue weighted by atomic mass is 14.9. The molecule has 0 amide bonds. The summed E-state index contributed by atoms with van der Waals surface area (Å²) < 4.78 is 0. The van der Waals surface area contributed by atoms with E-state index in [4.69, 9.17) is 5.73 Å². The number of hydrogen-bond acceptors (Lipinski definition) is 2. The maximum atomic E-state index is 5.41. The Morgan fingerprint density at radius 1 is 1.50 bits per heavy atom. The summed E-state index contributed by atoms with van der Waals surface area (Å²) in [7, 11) is 1.92. The van der Waals surface area contributed by atoms with Crippen molar-refractivity contribution < 1.29 is 0 Å². The van der Waals surface area contributed by atoms with Gasteiger partial charge >= 0.3 is 0 Å². The van der Waals surface area contributed by atoms with Crippen molar-refractivity contribution in [2.45, 2.75) is 13.1 Å². The zero-order chi connectivity index (χ0) is 7.40. The van der Waals surface area contributed by atoms with Gasteiger partial charge in [0.2, 0.25) is 0 Å². The van der Waals surface area contributed by atoms with Crippen LogP contribution in [-0.2, 0) is 13.1 Å². The Kier molecular flexibility index (Phi) is 2.48. The maximum absolute atomic E-state index is 5.41. The Morgan fingerprint density at radius 2 is 2.20 bits per heavy atom. The first-order valence-electron chi connectivity index (χ1n) is 3.38. The summed E-state index contributed by atoms with van der Waals surface area (Å²) in [5, 5.41) is 3.05. The molecular weight excluding hydrogens is 126 g/mol. The summed E-state index contributed by atoms with van der Waals surface area (Å²) in [5.41, 5.74) is 7.68. The maximum Gasteiger partial charge on any atom is 0.0354 e. The van der Waals surface area contributed by atoms with Gasteiger partial charge < -0.3 is 16.0 Å². The molecule has 0 saturated carbocycles. The molecule has 0 radical (unpaired) electrons. The van der Waals surface area contributed by atoms with Crippen molar-refractivity contribution in [2.24, 2.45) is 5.73 Å². The van der Waals surface area contributed by atoms with Gasteiger partial charge in [-0.25, -0.2) is 0 Å². The highest BCUT2D eigenvalue weighted by molar-refractivity contribution is 5.12. The smallest absolute Gasteiger partial charge is 0.0354 e. The average molecular weight is 139 g/mol. The summed E-state index contributed by atoms with van der Waals surface area (Å²) in [5.74, 6) is 0. The largest absolute Gasteiger partial charge is 0.360 e. The number of nitrogens with one attached hydrogen (secondary N) is 2. The zero-order valence-electron chi connectivity index (χ0n) is 6.15. The van der Waals surface area contributed by atoms with Gasteiger partial charge in [0.25, 0.3) is 0 Å². The molecule has 0 atom stereocenters. The summed E-state index contributed by atoms with van der Waals surface area (Å²) in [6, 6.07) is 4.05. The Hall–Kier alpha value is -0.800. The highest BCUT2D eigenvalue weighted by Crippen LogP contribution is 1.99. The van der Waals surface area contributed by atoms with Crippen molar-refractivity contribution in [1.82, 2.24) is 10.3 Å². The lowest BCUT2D eigenvalue weighted by molar-refractivity contribution is 0.791. The van der Waals surface area contributed by atoms with Crippen LogP contribution in [-0.4, -0.2) is 12.0 Å². The van der Waals surface area contributed by atoms with Crippen molar-refractivity contribution in [2.75, 3.05) is 7.05 Å². The number of hydrogen-bond donors (Lipinski definition) is 3. The van der Waals surface area contributed by atoms with Crippen LogP contribution in [0.4, 0.5) is 0 Å². The molecule has 1 aromatic heterocycles. The van der Waals surface area contributed by atoms with E-state index in [0.717, 1.165) is 12.2 Å². The molecule has 0 aliphatic rings. The minimum atomic E-state index is 0.587. The van der Waals surface area contributed by atoms with Crippen molar-refractivity contribution in [3.8, 4) is 0 Å². The van der Waals surface area contributed by atoms with Gasteiger partial charge in [-0.15, -0.1) is 0 Å². The Balaban J connectivity index is 2.59. The van der Waals surface area contributed by atoms with E-state index in [1.807, 2.05) is 19.2 Å². The van der Waals surface area contributed by atoms with E-state index in [2.05, 4.69) is 10.3 Å². The molecule has 0 aliphatic carbocycles. The summed E-state index contributed by atoms with van der Waals surface area (Å²) in [6.07, 6.45) is 0. The molecule has 1 rings (SSSR count). The van der Waals surface area contributed by atoms with E-state index in [1.54, 1.807) is 0 Å². The van der Waals surface area contributed by atoms with Gasteiger partial charge in [-0.1, -0.05) is 0 Å². The normalized spacial score (nSPS) is 10.2. The summed E-state index contributed by atoms with van der Waals surface area (Å²) in [4.78, 5) is 3.18. The molecule has 1 heterocycles. The molecule has 0 fully saturated rings. The number of aromatic nitrogens is 1. The van der Waals surface area contributed by atoms with E-state index in [-0.39, 0.29) is 0 Å². The SMILES string of the molecule is CNCc1ccc(CN)[nH]1. The fraction of sp³-hybridized carbons (Fsp3) is 0.429. The number of rotatable bonds is 3. The lowest BCUT2D eigenvalue weighted by Crippen LogP contribution is -2.05. The second-order valence-corrected chi connectivity index (χ2v) is 2.24. The average Bonchev–Trinajstić information content (AvgIpc) is 2.37. The molecule has 0 aliphatic heterocycles. The van der Waals surface area contributed by atoms with Gasteiger partial charge in [0.1, 0.15) is 0 Å². The first-order valence-corrected chi connectivity index (χ1v) is 3.38. The zero-order valence-corrected chi connectivity index (χ0v) is 6.15. The lowest BCUT2D eigenvalue weighted by atomic mass is 10.4. The van der Waals surface area contributed by atoms with Crippen LogP contribution < -0.4 is 11.1 Å². The number of aromatic amines is 1. The fourth-order valence-corrected chi connectivity index (χ4v) is 0.903. The monoisotopic (exact) mass is 139 g/mol. The van der Waals surface area contributed by atoms with Crippen molar-refractivity contribution in [3.05, 3.63) is 23.5 Å². The predicted molar refractivity (Wildman–Crippen MR) is 41.4 cm³/mol. The molecule has 56 valence electrons. The van der Waals surface area contributed by atoms with Crippen LogP contribution in [0.25, 0.3) is 0 Å². The molecular formula is C7H13N3. The van der Waals surface area contributed by atoms with Crippen molar-refractivity contribution >= 4 is 0 Å². The molecule has 0 saturated heterocycles. The molecule has 0 spiro atoms. The van der Waals surface area contributed by atoms with Gasteiger partial charge in [-0.05, 0) is 19.2 Å². The molecule has 0 unspecified atom stereocenters. The van der Waals surface area contributed by atoms with Gasteiger partial charge in [0.05, 0.1) is 0 Å². The lowest BCUT2D eigenvalue weighted by Gasteiger charge is -1.93.